The molecule has 0 aliphatic rings. The largest absolute Gasteiger partial charge is 0.450 e. The highest BCUT2D eigenvalue weighted by Gasteiger charge is 2.20. The quantitative estimate of drug-likeness (QED) is 0.685. The van der Waals surface area contributed by atoms with Crippen LogP contribution in [0, 0.1) is 22.9 Å². The third-order valence-electron chi connectivity index (χ3n) is 3.07. The lowest BCUT2D eigenvalue weighted by Crippen LogP contribution is -2.07. The van der Waals surface area contributed by atoms with Gasteiger partial charge in [0, 0.05) is 17.2 Å². The van der Waals surface area contributed by atoms with Crippen molar-refractivity contribution < 1.29 is 14.1 Å². The molecule has 2 N–H and O–H groups in total. The highest BCUT2D eigenvalue weighted by molar-refractivity contribution is 5.54. The van der Waals surface area contributed by atoms with Gasteiger partial charge in [-0.15, -0.1) is 0 Å². The number of nitrogens with two attached hydrogens (primary N) is 1. The number of nitro benzene ring substituents is 1. The van der Waals surface area contributed by atoms with Crippen LogP contribution in [0.1, 0.15) is 24.1 Å². The van der Waals surface area contributed by atoms with E-state index >= 15 is 0 Å². The Morgan fingerprint density at radius 2 is 2.00 bits per heavy atom. The van der Waals surface area contributed by atoms with E-state index in [1.54, 1.807) is 26.0 Å². The minimum Gasteiger partial charge on any atom is -0.450 e. The number of nitrogens with zero attached hydrogens (tertiary/aromatic N) is 1. The van der Waals surface area contributed by atoms with Crippen LogP contribution in [-0.4, -0.2) is 4.92 Å². The summed E-state index contributed by atoms with van der Waals surface area (Å²) in [6.45, 7) is 3.31. The van der Waals surface area contributed by atoms with Crippen LogP contribution < -0.4 is 10.5 Å². The molecule has 0 saturated heterocycles. The molecule has 0 heterocycles. The number of nitro groups is 1. The Kier molecular flexibility index (Phi) is 4.18. The van der Waals surface area contributed by atoms with Crippen LogP contribution in [0.2, 0.25) is 0 Å². The van der Waals surface area contributed by atoms with Gasteiger partial charge in [0.2, 0.25) is 5.75 Å². The summed E-state index contributed by atoms with van der Waals surface area (Å²) in [5.41, 5.74) is 6.61. The molecule has 0 bridgehead atoms. The van der Waals surface area contributed by atoms with Crippen LogP contribution in [0.4, 0.5) is 10.1 Å². The van der Waals surface area contributed by atoms with Crippen LogP contribution in [0.5, 0.6) is 11.5 Å². The van der Waals surface area contributed by atoms with E-state index in [1.807, 2.05) is 0 Å². The minimum absolute atomic E-state index is 0.105. The third-order valence-corrected chi connectivity index (χ3v) is 3.07. The molecule has 0 amide bonds. The Balaban J connectivity index is 2.49. The van der Waals surface area contributed by atoms with E-state index in [1.165, 1.54) is 24.3 Å². The summed E-state index contributed by atoms with van der Waals surface area (Å²) in [4.78, 5) is 10.6. The summed E-state index contributed by atoms with van der Waals surface area (Å²) in [7, 11) is 0. The molecule has 0 aliphatic carbocycles. The Hall–Kier alpha value is -2.47. The monoisotopic (exact) mass is 290 g/mol. The van der Waals surface area contributed by atoms with Crippen LogP contribution in [-0.2, 0) is 0 Å². The summed E-state index contributed by atoms with van der Waals surface area (Å²) in [6, 6.07) is 8.23. The van der Waals surface area contributed by atoms with Gasteiger partial charge in [-0.25, -0.2) is 4.39 Å². The van der Waals surface area contributed by atoms with Crippen LogP contribution in [0.15, 0.2) is 36.4 Å². The first-order valence-corrected chi connectivity index (χ1v) is 6.37. The standard InChI is InChI=1S/C15H15FN2O3/c1-9-4-3-5-14(15(9)18(19)20)21-13-7-6-11(16)8-12(13)10(2)17/h3-8,10H,17H2,1-2H3/t10-/m0/s1. The van der Waals surface area contributed by atoms with E-state index in [9.17, 15) is 14.5 Å². The topological polar surface area (TPSA) is 78.4 Å². The number of aryl methyl sites for hydroxylation is 1. The first-order chi connectivity index (χ1) is 9.90. The second-order valence-electron chi connectivity index (χ2n) is 4.75. The van der Waals surface area contributed by atoms with Crippen molar-refractivity contribution in [2.45, 2.75) is 19.9 Å². The zero-order valence-electron chi connectivity index (χ0n) is 11.7. The number of hydrogen-bond acceptors (Lipinski definition) is 4. The number of benzene rings is 2. The average molecular weight is 290 g/mol. The highest BCUT2D eigenvalue weighted by Crippen LogP contribution is 2.36. The van der Waals surface area contributed by atoms with Crippen molar-refractivity contribution in [3.8, 4) is 11.5 Å². The Labute approximate surface area is 121 Å². The molecule has 110 valence electrons. The van der Waals surface area contributed by atoms with E-state index in [-0.39, 0.29) is 11.4 Å². The summed E-state index contributed by atoms with van der Waals surface area (Å²) in [5.74, 6) is -0.0259. The number of hydrogen-bond donors (Lipinski definition) is 1. The van der Waals surface area contributed by atoms with Crippen molar-refractivity contribution in [1.82, 2.24) is 0 Å². The van der Waals surface area contributed by atoms with Gasteiger partial charge in [0.1, 0.15) is 11.6 Å². The second kappa shape index (κ2) is 5.88. The first kappa shape index (κ1) is 14.9. The van der Waals surface area contributed by atoms with Gasteiger partial charge >= 0.3 is 5.69 Å². The third kappa shape index (κ3) is 3.17. The summed E-state index contributed by atoms with van der Waals surface area (Å²) < 4.78 is 18.9. The van der Waals surface area contributed by atoms with Gasteiger partial charge in [0.25, 0.3) is 0 Å². The molecule has 0 aliphatic heterocycles. The molecule has 21 heavy (non-hydrogen) atoms. The van der Waals surface area contributed by atoms with Gasteiger partial charge in [-0.1, -0.05) is 12.1 Å². The highest BCUT2D eigenvalue weighted by atomic mass is 19.1. The Morgan fingerprint density at radius 1 is 1.29 bits per heavy atom. The van der Waals surface area contributed by atoms with E-state index < -0.39 is 16.8 Å². The number of halogens is 1. The van der Waals surface area contributed by atoms with E-state index in [0.29, 0.717) is 16.9 Å². The fourth-order valence-corrected chi connectivity index (χ4v) is 2.03. The van der Waals surface area contributed by atoms with Crippen LogP contribution in [0.3, 0.4) is 0 Å². The molecule has 2 rings (SSSR count). The molecule has 0 aromatic heterocycles. The Morgan fingerprint density at radius 3 is 2.62 bits per heavy atom. The van der Waals surface area contributed by atoms with E-state index in [0.717, 1.165) is 0 Å². The maximum atomic E-state index is 13.3. The zero-order valence-corrected chi connectivity index (χ0v) is 11.7. The van der Waals surface area contributed by atoms with Gasteiger partial charge in [-0.3, -0.25) is 10.1 Å². The van der Waals surface area contributed by atoms with E-state index in [2.05, 4.69) is 0 Å². The molecule has 0 saturated carbocycles. The van der Waals surface area contributed by atoms with Crippen molar-refractivity contribution in [2.24, 2.45) is 5.73 Å². The zero-order chi connectivity index (χ0) is 15.6. The lowest BCUT2D eigenvalue weighted by Gasteiger charge is -2.14. The fourth-order valence-electron chi connectivity index (χ4n) is 2.03. The summed E-state index contributed by atoms with van der Waals surface area (Å²) >= 11 is 0. The lowest BCUT2D eigenvalue weighted by molar-refractivity contribution is -0.386. The molecule has 5 nitrogen and oxygen atoms in total. The van der Waals surface area contributed by atoms with Gasteiger partial charge in [-0.2, -0.15) is 0 Å². The number of para-hydroxylation sites is 1. The second-order valence-corrected chi connectivity index (χ2v) is 4.75. The molecular weight excluding hydrogens is 275 g/mol. The summed E-state index contributed by atoms with van der Waals surface area (Å²) in [5, 5.41) is 11.1. The van der Waals surface area contributed by atoms with Crippen molar-refractivity contribution in [1.29, 1.82) is 0 Å². The SMILES string of the molecule is Cc1cccc(Oc2ccc(F)cc2[C@H](C)N)c1[N+](=O)[O-]. The molecular formula is C15H15FN2O3. The molecule has 0 unspecified atom stereocenters. The smallest absolute Gasteiger partial charge is 0.314 e. The van der Waals surface area contributed by atoms with Gasteiger partial charge < -0.3 is 10.5 Å². The lowest BCUT2D eigenvalue weighted by atomic mass is 10.1. The predicted octanol–water partition coefficient (Wildman–Crippen LogP) is 3.85. The molecule has 2 aromatic rings. The first-order valence-electron chi connectivity index (χ1n) is 6.37. The maximum Gasteiger partial charge on any atom is 0.314 e. The van der Waals surface area contributed by atoms with Gasteiger partial charge in [0.05, 0.1) is 4.92 Å². The average Bonchev–Trinajstić information content (AvgIpc) is 2.40. The van der Waals surface area contributed by atoms with Crippen LogP contribution in [0.25, 0.3) is 0 Å². The fraction of sp³-hybridized carbons (Fsp3) is 0.200. The van der Waals surface area contributed by atoms with E-state index in [4.69, 9.17) is 10.5 Å². The van der Waals surface area contributed by atoms with Crippen molar-refractivity contribution >= 4 is 5.69 Å². The molecule has 0 spiro atoms. The molecule has 1 atom stereocenters. The van der Waals surface area contributed by atoms with Crippen molar-refractivity contribution in [3.63, 3.8) is 0 Å². The molecule has 0 radical (unpaired) electrons. The summed E-state index contributed by atoms with van der Waals surface area (Å²) in [6.07, 6.45) is 0. The van der Waals surface area contributed by atoms with Crippen molar-refractivity contribution in [3.05, 3.63) is 63.5 Å². The number of ether oxygens (including phenoxy) is 1. The maximum absolute atomic E-state index is 13.3. The van der Waals surface area contributed by atoms with Crippen molar-refractivity contribution in [2.75, 3.05) is 0 Å². The van der Waals surface area contributed by atoms with Gasteiger partial charge in [-0.05, 0) is 38.1 Å². The normalized spacial score (nSPS) is 12.0. The van der Waals surface area contributed by atoms with Crippen LogP contribution >= 0.6 is 0 Å². The Bertz CT molecular complexity index is 687. The molecule has 2 aromatic carbocycles. The molecule has 0 fully saturated rings. The molecule has 6 heteroatoms. The van der Waals surface area contributed by atoms with Gasteiger partial charge in [0.15, 0.2) is 0 Å². The minimum atomic E-state index is -0.500. The predicted molar refractivity (Wildman–Crippen MR) is 76.9 cm³/mol. The number of rotatable bonds is 4.